The third-order valence-corrected chi connectivity index (χ3v) is 4.61. The molecule has 1 fully saturated rings. The highest BCUT2D eigenvalue weighted by molar-refractivity contribution is 7.11. The Kier molecular flexibility index (Phi) is 3.62. The zero-order valence-corrected chi connectivity index (χ0v) is 11.4. The SMILES string of the molecule is Cc1nc(C(C)C)sc1C1CN(C)CCN1. The number of aromatic nitrogens is 1. The summed E-state index contributed by atoms with van der Waals surface area (Å²) in [5.74, 6) is 0.541. The lowest BCUT2D eigenvalue weighted by Gasteiger charge is -2.30. The van der Waals surface area contributed by atoms with E-state index in [4.69, 9.17) is 0 Å². The molecule has 0 aromatic carbocycles. The van der Waals surface area contributed by atoms with Gasteiger partial charge >= 0.3 is 0 Å². The molecule has 1 aliphatic heterocycles. The first-order valence-electron chi connectivity index (χ1n) is 5.97. The summed E-state index contributed by atoms with van der Waals surface area (Å²) in [7, 11) is 2.19. The molecule has 1 unspecified atom stereocenters. The molecule has 2 heterocycles. The minimum atomic E-state index is 0.476. The van der Waals surface area contributed by atoms with E-state index in [1.54, 1.807) is 0 Å². The van der Waals surface area contributed by atoms with Crippen LogP contribution in [0.5, 0.6) is 0 Å². The summed E-state index contributed by atoms with van der Waals surface area (Å²) in [6, 6.07) is 0.476. The second kappa shape index (κ2) is 4.82. The Morgan fingerprint density at radius 2 is 2.25 bits per heavy atom. The van der Waals surface area contributed by atoms with E-state index >= 15 is 0 Å². The number of aryl methyl sites for hydroxylation is 1. The molecule has 16 heavy (non-hydrogen) atoms. The molecule has 0 radical (unpaired) electrons. The minimum Gasteiger partial charge on any atom is -0.307 e. The average Bonchev–Trinajstić information content (AvgIpc) is 2.60. The number of nitrogens with zero attached hydrogens (tertiary/aromatic N) is 2. The normalized spacial score (nSPS) is 22.9. The van der Waals surface area contributed by atoms with Crippen LogP contribution in [0, 0.1) is 6.92 Å². The maximum absolute atomic E-state index is 4.67. The van der Waals surface area contributed by atoms with Gasteiger partial charge in [0.2, 0.25) is 0 Å². The first-order valence-corrected chi connectivity index (χ1v) is 6.78. The number of rotatable bonds is 2. The van der Waals surface area contributed by atoms with Gasteiger partial charge in [-0.1, -0.05) is 13.8 Å². The molecule has 0 aliphatic carbocycles. The summed E-state index contributed by atoms with van der Waals surface area (Å²) in [6.07, 6.45) is 0. The number of hydrogen-bond acceptors (Lipinski definition) is 4. The van der Waals surface area contributed by atoms with Crippen LogP contribution in [0.4, 0.5) is 0 Å². The van der Waals surface area contributed by atoms with Crippen molar-refractivity contribution in [2.45, 2.75) is 32.7 Å². The van der Waals surface area contributed by atoms with Crippen molar-refractivity contribution in [2.75, 3.05) is 26.7 Å². The molecular formula is C12H21N3S. The van der Waals surface area contributed by atoms with Gasteiger partial charge in [0.15, 0.2) is 0 Å². The van der Waals surface area contributed by atoms with Gasteiger partial charge in [0, 0.05) is 30.4 Å². The zero-order chi connectivity index (χ0) is 11.7. The van der Waals surface area contributed by atoms with Crippen molar-refractivity contribution in [3.05, 3.63) is 15.6 Å². The van der Waals surface area contributed by atoms with Crippen molar-refractivity contribution in [3.8, 4) is 0 Å². The largest absolute Gasteiger partial charge is 0.307 e. The van der Waals surface area contributed by atoms with Crippen LogP contribution in [0.3, 0.4) is 0 Å². The Bertz CT molecular complexity index is 359. The molecule has 0 spiro atoms. The topological polar surface area (TPSA) is 28.2 Å². The van der Waals surface area contributed by atoms with Crippen LogP contribution >= 0.6 is 11.3 Å². The van der Waals surface area contributed by atoms with E-state index in [0.29, 0.717) is 12.0 Å². The molecule has 90 valence electrons. The number of likely N-dealkylation sites (N-methyl/N-ethyl adjacent to an activating group) is 1. The number of nitrogens with one attached hydrogen (secondary N) is 1. The molecule has 2 rings (SSSR count). The van der Waals surface area contributed by atoms with Gasteiger partial charge in [-0.15, -0.1) is 11.3 Å². The second-order valence-electron chi connectivity index (χ2n) is 4.93. The third-order valence-electron chi connectivity index (χ3n) is 3.04. The van der Waals surface area contributed by atoms with Gasteiger partial charge < -0.3 is 10.2 Å². The van der Waals surface area contributed by atoms with Crippen LogP contribution in [-0.4, -0.2) is 36.6 Å². The zero-order valence-electron chi connectivity index (χ0n) is 10.6. The lowest BCUT2D eigenvalue weighted by Crippen LogP contribution is -2.43. The fourth-order valence-corrected chi connectivity index (χ4v) is 3.21. The fraction of sp³-hybridized carbons (Fsp3) is 0.750. The van der Waals surface area contributed by atoms with Gasteiger partial charge in [0.25, 0.3) is 0 Å². The molecule has 1 aromatic rings. The van der Waals surface area contributed by atoms with Gasteiger partial charge in [0.1, 0.15) is 0 Å². The van der Waals surface area contributed by atoms with Gasteiger partial charge in [-0.2, -0.15) is 0 Å². The standard InChI is InChI=1S/C12H21N3S/c1-8(2)12-14-9(3)11(16-12)10-7-15(4)6-5-13-10/h8,10,13H,5-7H2,1-4H3. The average molecular weight is 239 g/mol. The summed E-state index contributed by atoms with van der Waals surface area (Å²) in [5.41, 5.74) is 1.21. The lowest BCUT2D eigenvalue weighted by atomic mass is 10.1. The Labute approximate surface area is 102 Å². The maximum Gasteiger partial charge on any atom is 0.0956 e. The highest BCUT2D eigenvalue weighted by atomic mass is 32.1. The summed E-state index contributed by atoms with van der Waals surface area (Å²) in [5, 5.41) is 4.85. The molecule has 4 heteroatoms. The van der Waals surface area contributed by atoms with Crippen LogP contribution in [0.15, 0.2) is 0 Å². The quantitative estimate of drug-likeness (QED) is 0.857. The first-order chi connectivity index (χ1) is 7.58. The van der Waals surface area contributed by atoms with E-state index < -0.39 is 0 Å². The van der Waals surface area contributed by atoms with E-state index in [9.17, 15) is 0 Å². The highest BCUT2D eigenvalue weighted by Gasteiger charge is 2.23. The number of piperazine rings is 1. The van der Waals surface area contributed by atoms with E-state index in [2.05, 4.69) is 43.0 Å². The fourth-order valence-electron chi connectivity index (χ4n) is 2.07. The summed E-state index contributed by atoms with van der Waals surface area (Å²) >= 11 is 1.88. The van der Waals surface area contributed by atoms with Crippen molar-refractivity contribution in [1.82, 2.24) is 15.2 Å². The molecular weight excluding hydrogens is 218 g/mol. The summed E-state index contributed by atoms with van der Waals surface area (Å²) < 4.78 is 0. The van der Waals surface area contributed by atoms with E-state index in [1.165, 1.54) is 15.6 Å². The second-order valence-corrected chi connectivity index (χ2v) is 5.99. The van der Waals surface area contributed by atoms with Crippen molar-refractivity contribution in [3.63, 3.8) is 0 Å². The first kappa shape index (κ1) is 12.0. The van der Waals surface area contributed by atoms with E-state index in [1.807, 2.05) is 11.3 Å². The highest BCUT2D eigenvalue weighted by Crippen LogP contribution is 2.30. The predicted molar refractivity (Wildman–Crippen MR) is 69.2 cm³/mol. The number of thiazole rings is 1. The predicted octanol–water partition coefficient (Wildman–Crippen LogP) is 2.15. The van der Waals surface area contributed by atoms with Gasteiger partial charge in [-0.3, -0.25) is 0 Å². The Morgan fingerprint density at radius 3 is 2.81 bits per heavy atom. The van der Waals surface area contributed by atoms with Crippen molar-refractivity contribution >= 4 is 11.3 Å². The van der Waals surface area contributed by atoms with E-state index in [-0.39, 0.29) is 0 Å². The molecule has 1 atom stereocenters. The van der Waals surface area contributed by atoms with Crippen molar-refractivity contribution in [2.24, 2.45) is 0 Å². The molecule has 1 saturated heterocycles. The molecule has 0 saturated carbocycles. The summed E-state index contributed by atoms with van der Waals surface area (Å²) in [6.45, 7) is 9.88. The molecule has 0 amide bonds. The van der Waals surface area contributed by atoms with Gasteiger partial charge in [-0.25, -0.2) is 4.98 Å². The molecule has 1 N–H and O–H groups in total. The van der Waals surface area contributed by atoms with Crippen molar-refractivity contribution < 1.29 is 0 Å². The molecule has 0 bridgehead atoms. The molecule has 3 nitrogen and oxygen atoms in total. The van der Waals surface area contributed by atoms with Crippen LogP contribution < -0.4 is 5.32 Å². The van der Waals surface area contributed by atoms with Crippen LogP contribution in [0.2, 0.25) is 0 Å². The maximum atomic E-state index is 4.67. The Hall–Kier alpha value is -0.450. The van der Waals surface area contributed by atoms with Gasteiger partial charge in [-0.05, 0) is 14.0 Å². The number of hydrogen-bond donors (Lipinski definition) is 1. The van der Waals surface area contributed by atoms with Crippen LogP contribution in [0.1, 0.15) is 41.4 Å². The van der Waals surface area contributed by atoms with Crippen LogP contribution in [-0.2, 0) is 0 Å². The summed E-state index contributed by atoms with van der Waals surface area (Å²) in [4.78, 5) is 8.48. The van der Waals surface area contributed by atoms with E-state index in [0.717, 1.165) is 19.6 Å². The minimum absolute atomic E-state index is 0.476. The van der Waals surface area contributed by atoms with Gasteiger partial charge in [0.05, 0.1) is 16.7 Å². The molecule has 1 aliphatic rings. The van der Waals surface area contributed by atoms with Crippen LogP contribution in [0.25, 0.3) is 0 Å². The third kappa shape index (κ3) is 2.44. The van der Waals surface area contributed by atoms with Crippen molar-refractivity contribution in [1.29, 1.82) is 0 Å². The Morgan fingerprint density at radius 1 is 1.50 bits per heavy atom. The monoisotopic (exact) mass is 239 g/mol. The molecule has 1 aromatic heterocycles. The lowest BCUT2D eigenvalue weighted by molar-refractivity contribution is 0.242. The Balaban J connectivity index is 2.19. The smallest absolute Gasteiger partial charge is 0.0956 e.